The molecule has 0 saturated carbocycles. The Morgan fingerprint density at radius 2 is 1.93 bits per heavy atom. The van der Waals surface area contributed by atoms with Crippen LogP contribution in [0.3, 0.4) is 0 Å². The number of carbonyl (C=O) groups excluding carboxylic acids is 1. The normalized spacial score (nSPS) is 11.7. The molecule has 7 nitrogen and oxygen atoms in total. The Labute approximate surface area is 157 Å². The highest BCUT2D eigenvalue weighted by Crippen LogP contribution is 2.32. The summed E-state index contributed by atoms with van der Waals surface area (Å²) in [4.78, 5) is 12.5. The molecule has 0 unspecified atom stereocenters. The van der Waals surface area contributed by atoms with Gasteiger partial charge in [-0.15, -0.1) is 0 Å². The molecule has 0 aliphatic rings. The molecule has 1 atom stereocenters. The zero-order chi connectivity index (χ0) is 19.2. The lowest BCUT2D eigenvalue weighted by Crippen LogP contribution is -2.31. The van der Waals surface area contributed by atoms with Crippen molar-refractivity contribution in [1.29, 1.82) is 0 Å². The fourth-order valence-corrected chi connectivity index (χ4v) is 2.74. The number of aliphatic hydroxyl groups excluding tert-OH is 1. The first-order valence-corrected chi connectivity index (χ1v) is 8.40. The number of ether oxygens (including phenoxy) is 2. The van der Waals surface area contributed by atoms with Crippen LogP contribution in [0.25, 0.3) is 11.3 Å². The van der Waals surface area contributed by atoms with Gasteiger partial charge in [-0.05, 0) is 23.8 Å². The van der Waals surface area contributed by atoms with Crippen LogP contribution >= 0.6 is 0 Å². The SMILES string of the molecule is COc1ccc(-c2cc(C(=O)N[C@H](CO)c3ccccc3)[nH]n2)c(OC)c1. The predicted molar refractivity (Wildman–Crippen MR) is 101 cm³/mol. The summed E-state index contributed by atoms with van der Waals surface area (Å²) in [5.41, 5.74) is 2.41. The number of nitrogens with one attached hydrogen (secondary N) is 2. The first kappa shape index (κ1) is 18.5. The minimum Gasteiger partial charge on any atom is -0.497 e. The summed E-state index contributed by atoms with van der Waals surface area (Å²) in [5.74, 6) is 0.896. The number of methoxy groups -OCH3 is 2. The standard InChI is InChI=1S/C20H21N3O4/c1-26-14-8-9-15(19(10-14)27-2)16-11-17(23-22-16)20(25)21-18(12-24)13-6-4-3-5-7-13/h3-11,18,24H,12H2,1-2H3,(H,21,25)(H,22,23)/t18-/m1/s1. The number of amides is 1. The molecule has 2 aromatic carbocycles. The Morgan fingerprint density at radius 3 is 2.59 bits per heavy atom. The third kappa shape index (κ3) is 4.09. The van der Waals surface area contributed by atoms with E-state index in [0.717, 1.165) is 11.1 Å². The molecular weight excluding hydrogens is 346 g/mol. The number of hydrogen-bond acceptors (Lipinski definition) is 5. The van der Waals surface area contributed by atoms with Crippen molar-refractivity contribution in [2.24, 2.45) is 0 Å². The number of aromatic amines is 1. The van der Waals surface area contributed by atoms with E-state index in [-0.39, 0.29) is 18.2 Å². The third-order valence-electron chi connectivity index (χ3n) is 4.20. The second kappa shape index (κ2) is 8.37. The minimum atomic E-state index is -0.499. The van der Waals surface area contributed by atoms with Gasteiger partial charge in [-0.25, -0.2) is 0 Å². The van der Waals surface area contributed by atoms with E-state index in [4.69, 9.17) is 9.47 Å². The number of hydrogen-bond donors (Lipinski definition) is 3. The van der Waals surface area contributed by atoms with Gasteiger partial charge in [0.05, 0.1) is 32.6 Å². The molecule has 3 N–H and O–H groups in total. The molecule has 140 valence electrons. The quantitative estimate of drug-likeness (QED) is 0.596. The van der Waals surface area contributed by atoms with Gasteiger partial charge < -0.3 is 19.9 Å². The zero-order valence-corrected chi connectivity index (χ0v) is 15.1. The van der Waals surface area contributed by atoms with Crippen LogP contribution in [0.4, 0.5) is 0 Å². The van der Waals surface area contributed by atoms with Crippen molar-refractivity contribution in [2.45, 2.75) is 6.04 Å². The van der Waals surface area contributed by atoms with Gasteiger partial charge in [-0.2, -0.15) is 5.10 Å². The highest BCUT2D eigenvalue weighted by Gasteiger charge is 2.18. The predicted octanol–water partition coefficient (Wildman–Crippen LogP) is 2.56. The van der Waals surface area contributed by atoms with Crippen molar-refractivity contribution in [2.75, 3.05) is 20.8 Å². The molecule has 0 bridgehead atoms. The van der Waals surface area contributed by atoms with E-state index in [9.17, 15) is 9.90 Å². The number of benzene rings is 2. The number of nitrogens with zero attached hydrogens (tertiary/aromatic N) is 1. The number of rotatable bonds is 7. The van der Waals surface area contributed by atoms with E-state index in [1.807, 2.05) is 36.4 Å². The van der Waals surface area contributed by atoms with Gasteiger partial charge >= 0.3 is 0 Å². The molecule has 0 spiro atoms. The van der Waals surface area contributed by atoms with E-state index in [1.165, 1.54) is 0 Å². The molecule has 0 saturated heterocycles. The Kier molecular flexibility index (Phi) is 5.73. The summed E-state index contributed by atoms with van der Waals surface area (Å²) in [6, 6.07) is 15.8. The lowest BCUT2D eigenvalue weighted by atomic mass is 10.1. The Morgan fingerprint density at radius 1 is 1.15 bits per heavy atom. The van der Waals surface area contributed by atoms with Gasteiger partial charge in [-0.1, -0.05) is 30.3 Å². The summed E-state index contributed by atoms with van der Waals surface area (Å²) in [6.07, 6.45) is 0. The van der Waals surface area contributed by atoms with Crippen LogP contribution in [0.1, 0.15) is 22.1 Å². The minimum absolute atomic E-state index is 0.205. The van der Waals surface area contributed by atoms with Crippen molar-refractivity contribution < 1.29 is 19.4 Å². The molecular formula is C20H21N3O4. The second-order valence-electron chi connectivity index (χ2n) is 5.85. The van der Waals surface area contributed by atoms with Gasteiger partial charge in [-0.3, -0.25) is 9.89 Å². The highest BCUT2D eigenvalue weighted by molar-refractivity contribution is 5.93. The highest BCUT2D eigenvalue weighted by atomic mass is 16.5. The molecule has 0 aliphatic carbocycles. The molecule has 0 fully saturated rings. The first-order chi connectivity index (χ1) is 13.2. The number of carbonyl (C=O) groups is 1. The van der Waals surface area contributed by atoms with Crippen molar-refractivity contribution in [3.05, 3.63) is 65.9 Å². The molecule has 0 aliphatic heterocycles. The maximum absolute atomic E-state index is 12.5. The monoisotopic (exact) mass is 367 g/mol. The maximum atomic E-state index is 12.5. The summed E-state index contributed by atoms with van der Waals surface area (Å²) >= 11 is 0. The molecule has 1 heterocycles. The van der Waals surface area contributed by atoms with Crippen LogP contribution in [0.5, 0.6) is 11.5 Å². The fourth-order valence-electron chi connectivity index (χ4n) is 2.74. The summed E-state index contributed by atoms with van der Waals surface area (Å²) in [6.45, 7) is -0.205. The largest absolute Gasteiger partial charge is 0.497 e. The van der Waals surface area contributed by atoms with Gasteiger partial charge in [0.1, 0.15) is 17.2 Å². The van der Waals surface area contributed by atoms with E-state index >= 15 is 0 Å². The average Bonchev–Trinajstić information content (AvgIpc) is 3.22. The number of aliphatic hydroxyl groups is 1. The van der Waals surface area contributed by atoms with Gasteiger partial charge in [0, 0.05) is 11.6 Å². The van der Waals surface area contributed by atoms with Crippen LogP contribution < -0.4 is 14.8 Å². The maximum Gasteiger partial charge on any atom is 0.269 e. The average molecular weight is 367 g/mol. The molecule has 27 heavy (non-hydrogen) atoms. The van der Waals surface area contributed by atoms with E-state index in [2.05, 4.69) is 15.5 Å². The van der Waals surface area contributed by atoms with Gasteiger partial charge in [0.15, 0.2) is 0 Å². The second-order valence-corrected chi connectivity index (χ2v) is 5.85. The fraction of sp³-hybridized carbons (Fsp3) is 0.200. The van der Waals surface area contributed by atoms with Crippen LogP contribution in [0.15, 0.2) is 54.6 Å². The molecule has 1 aromatic heterocycles. The van der Waals surface area contributed by atoms with Gasteiger partial charge in [0.25, 0.3) is 5.91 Å². The number of aromatic nitrogens is 2. The molecule has 0 radical (unpaired) electrons. The summed E-state index contributed by atoms with van der Waals surface area (Å²) in [5, 5.41) is 19.3. The lowest BCUT2D eigenvalue weighted by molar-refractivity contribution is 0.0911. The van der Waals surface area contributed by atoms with E-state index in [1.54, 1.807) is 32.4 Å². The van der Waals surface area contributed by atoms with Crippen LogP contribution in [-0.2, 0) is 0 Å². The molecule has 7 heteroatoms. The molecule has 1 amide bonds. The van der Waals surface area contributed by atoms with Crippen molar-refractivity contribution in [3.8, 4) is 22.8 Å². The van der Waals surface area contributed by atoms with Gasteiger partial charge in [0.2, 0.25) is 0 Å². The van der Waals surface area contributed by atoms with E-state index < -0.39 is 6.04 Å². The first-order valence-electron chi connectivity index (χ1n) is 8.40. The summed E-state index contributed by atoms with van der Waals surface area (Å²) in [7, 11) is 3.14. The van der Waals surface area contributed by atoms with Crippen molar-refractivity contribution in [3.63, 3.8) is 0 Å². The van der Waals surface area contributed by atoms with Crippen molar-refractivity contribution >= 4 is 5.91 Å². The third-order valence-corrected chi connectivity index (χ3v) is 4.20. The zero-order valence-electron chi connectivity index (χ0n) is 15.1. The molecule has 3 rings (SSSR count). The van der Waals surface area contributed by atoms with E-state index in [0.29, 0.717) is 17.2 Å². The number of H-pyrrole nitrogens is 1. The van der Waals surface area contributed by atoms with Crippen LogP contribution in [-0.4, -0.2) is 42.0 Å². The Hall–Kier alpha value is -3.32. The van der Waals surface area contributed by atoms with Crippen molar-refractivity contribution in [1.82, 2.24) is 15.5 Å². The lowest BCUT2D eigenvalue weighted by Gasteiger charge is -2.15. The van der Waals surface area contributed by atoms with Crippen LogP contribution in [0.2, 0.25) is 0 Å². The topological polar surface area (TPSA) is 96.5 Å². The van der Waals surface area contributed by atoms with Crippen LogP contribution in [0, 0.1) is 0 Å². The smallest absolute Gasteiger partial charge is 0.269 e. The molecule has 3 aromatic rings. The Bertz CT molecular complexity index is 909. The Balaban J connectivity index is 1.80. The summed E-state index contributed by atoms with van der Waals surface area (Å²) < 4.78 is 10.6.